The number of nitrogens with zero attached hydrogens (tertiary/aromatic N) is 1. The van der Waals surface area contributed by atoms with Gasteiger partial charge in [0.05, 0.1) is 0 Å². The molecule has 0 aromatic heterocycles. The molecule has 0 amide bonds. The van der Waals surface area contributed by atoms with E-state index in [4.69, 9.17) is 5.73 Å². The van der Waals surface area contributed by atoms with Crippen LogP contribution in [0, 0.1) is 5.92 Å². The molecule has 0 aliphatic carbocycles. The first-order valence-electron chi connectivity index (χ1n) is 6.64. The van der Waals surface area contributed by atoms with Crippen molar-refractivity contribution >= 4 is 0 Å². The minimum Gasteiger partial charge on any atom is -0.328 e. The predicted molar refractivity (Wildman–Crippen MR) is 66.9 cm³/mol. The first-order valence-corrected chi connectivity index (χ1v) is 6.64. The third-order valence-corrected chi connectivity index (χ3v) is 3.89. The molecule has 2 heteroatoms. The number of rotatable bonds is 4. The zero-order chi connectivity index (χ0) is 11.3. The van der Waals surface area contributed by atoms with Gasteiger partial charge in [-0.2, -0.15) is 0 Å². The highest BCUT2D eigenvalue weighted by molar-refractivity contribution is 4.77. The Morgan fingerprint density at radius 2 is 2.00 bits per heavy atom. The van der Waals surface area contributed by atoms with Gasteiger partial charge in [0.2, 0.25) is 0 Å². The molecule has 1 aliphatic heterocycles. The van der Waals surface area contributed by atoms with Gasteiger partial charge < -0.3 is 10.6 Å². The molecular formula is C13H28N2. The van der Waals surface area contributed by atoms with E-state index >= 15 is 0 Å². The number of hydrogen-bond donors (Lipinski definition) is 1. The van der Waals surface area contributed by atoms with Crippen LogP contribution in [-0.2, 0) is 0 Å². The Hall–Kier alpha value is -0.0800. The normalized spacial score (nSPS) is 28.4. The third kappa shape index (κ3) is 4.12. The molecule has 0 bridgehead atoms. The molecule has 90 valence electrons. The molecular weight excluding hydrogens is 184 g/mol. The molecule has 0 radical (unpaired) electrons. The van der Waals surface area contributed by atoms with Gasteiger partial charge in [0, 0.05) is 18.6 Å². The maximum absolute atomic E-state index is 5.95. The molecule has 1 aliphatic rings. The molecule has 15 heavy (non-hydrogen) atoms. The van der Waals surface area contributed by atoms with Crippen LogP contribution >= 0.6 is 0 Å². The summed E-state index contributed by atoms with van der Waals surface area (Å²) in [5.74, 6) is 0.622. The Morgan fingerprint density at radius 3 is 2.60 bits per heavy atom. The van der Waals surface area contributed by atoms with Crippen molar-refractivity contribution in [3.63, 3.8) is 0 Å². The Morgan fingerprint density at radius 1 is 1.27 bits per heavy atom. The molecule has 1 fully saturated rings. The van der Waals surface area contributed by atoms with E-state index in [1.54, 1.807) is 0 Å². The SMILES string of the molecule is CCC1CCCCCN1CC(C)C(C)N. The van der Waals surface area contributed by atoms with Crippen molar-refractivity contribution in [1.29, 1.82) is 0 Å². The van der Waals surface area contributed by atoms with Crippen molar-refractivity contribution in [3.8, 4) is 0 Å². The van der Waals surface area contributed by atoms with Gasteiger partial charge in [0.1, 0.15) is 0 Å². The van der Waals surface area contributed by atoms with Crippen LogP contribution in [0.15, 0.2) is 0 Å². The van der Waals surface area contributed by atoms with Gasteiger partial charge in [0.25, 0.3) is 0 Å². The fourth-order valence-electron chi connectivity index (χ4n) is 2.48. The summed E-state index contributed by atoms with van der Waals surface area (Å²) in [4.78, 5) is 2.68. The van der Waals surface area contributed by atoms with Gasteiger partial charge >= 0.3 is 0 Å². The summed E-state index contributed by atoms with van der Waals surface area (Å²) in [6.45, 7) is 9.21. The van der Waals surface area contributed by atoms with Crippen molar-refractivity contribution in [2.24, 2.45) is 11.7 Å². The quantitative estimate of drug-likeness (QED) is 0.776. The van der Waals surface area contributed by atoms with Crippen molar-refractivity contribution in [2.75, 3.05) is 13.1 Å². The standard InChI is InChI=1S/C13H28N2/c1-4-13-8-6-5-7-9-15(13)10-11(2)12(3)14/h11-13H,4-10,14H2,1-3H3. The molecule has 3 unspecified atom stereocenters. The Kier molecular flexibility index (Phi) is 5.62. The number of nitrogens with two attached hydrogens (primary N) is 1. The minimum absolute atomic E-state index is 0.325. The van der Waals surface area contributed by atoms with Crippen LogP contribution in [0.2, 0.25) is 0 Å². The average molecular weight is 212 g/mol. The van der Waals surface area contributed by atoms with Gasteiger partial charge in [-0.3, -0.25) is 0 Å². The second-order valence-electron chi connectivity index (χ2n) is 5.24. The molecule has 2 nitrogen and oxygen atoms in total. The molecule has 0 spiro atoms. The number of hydrogen-bond acceptors (Lipinski definition) is 2. The van der Waals surface area contributed by atoms with Crippen molar-refractivity contribution < 1.29 is 0 Å². The molecule has 2 N–H and O–H groups in total. The van der Waals surface area contributed by atoms with E-state index in [1.165, 1.54) is 45.2 Å². The highest BCUT2D eigenvalue weighted by Crippen LogP contribution is 2.20. The van der Waals surface area contributed by atoms with Gasteiger partial charge in [0.15, 0.2) is 0 Å². The Labute approximate surface area is 95.2 Å². The molecule has 0 aromatic rings. The van der Waals surface area contributed by atoms with E-state index in [1.807, 2.05) is 0 Å². The van der Waals surface area contributed by atoms with Gasteiger partial charge in [-0.15, -0.1) is 0 Å². The maximum atomic E-state index is 5.95. The summed E-state index contributed by atoms with van der Waals surface area (Å²) < 4.78 is 0. The first kappa shape index (κ1) is 13.0. The van der Waals surface area contributed by atoms with Gasteiger partial charge in [-0.1, -0.05) is 26.7 Å². The third-order valence-electron chi connectivity index (χ3n) is 3.89. The Balaban J connectivity index is 2.47. The highest BCUT2D eigenvalue weighted by atomic mass is 15.2. The lowest BCUT2D eigenvalue weighted by atomic mass is 10.0. The summed E-state index contributed by atoms with van der Waals surface area (Å²) in [5.41, 5.74) is 5.95. The van der Waals surface area contributed by atoms with Crippen molar-refractivity contribution in [2.45, 2.75) is 65.0 Å². The number of likely N-dealkylation sites (tertiary alicyclic amines) is 1. The first-order chi connectivity index (χ1) is 7.15. The topological polar surface area (TPSA) is 29.3 Å². The Bertz CT molecular complexity index is 168. The van der Waals surface area contributed by atoms with Crippen LogP contribution in [0.4, 0.5) is 0 Å². The van der Waals surface area contributed by atoms with Crippen molar-refractivity contribution in [1.82, 2.24) is 4.90 Å². The van der Waals surface area contributed by atoms with Crippen LogP contribution in [0.5, 0.6) is 0 Å². The van der Waals surface area contributed by atoms with Crippen LogP contribution < -0.4 is 5.73 Å². The average Bonchev–Trinajstić information content (AvgIpc) is 2.42. The summed E-state index contributed by atoms with van der Waals surface area (Å²) in [6.07, 6.45) is 6.90. The molecule has 0 saturated carbocycles. The van der Waals surface area contributed by atoms with E-state index in [0.717, 1.165) is 6.04 Å². The smallest absolute Gasteiger partial charge is 0.00927 e. The second-order valence-corrected chi connectivity index (χ2v) is 5.24. The zero-order valence-electron chi connectivity index (χ0n) is 10.7. The largest absolute Gasteiger partial charge is 0.328 e. The zero-order valence-corrected chi connectivity index (χ0v) is 10.7. The summed E-state index contributed by atoms with van der Waals surface area (Å²) in [6, 6.07) is 1.14. The molecule has 1 rings (SSSR count). The summed E-state index contributed by atoms with van der Waals surface area (Å²) in [7, 11) is 0. The van der Waals surface area contributed by atoms with E-state index < -0.39 is 0 Å². The van der Waals surface area contributed by atoms with E-state index in [9.17, 15) is 0 Å². The maximum Gasteiger partial charge on any atom is 0.00927 e. The van der Waals surface area contributed by atoms with Gasteiger partial charge in [-0.25, -0.2) is 0 Å². The molecule has 1 heterocycles. The minimum atomic E-state index is 0.325. The highest BCUT2D eigenvalue weighted by Gasteiger charge is 2.21. The monoisotopic (exact) mass is 212 g/mol. The molecule has 3 atom stereocenters. The second kappa shape index (κ2) is 6.49. The predicted octanol–water partition coefficient (Wildman–Crippen LogP) is 2.62. The fourth-order valence-corrected chi connectivity index (χ4v) is 2.48. The van der Waals surface area contributed by atoms with Gasteiger partial charge in [-0.05, 0) is 38.6 Å². The summed E-state index contributed by atoms with van der Waals surface area (Å²) in [5, 5.41) is 0. The lowest BCUT2D eigenvalue weighted by molar-refractivity contribution is 0.162. The van der Waals surface area contributed by atoms with Crippen LogP contribution in [-0.4, -0.2) is 30.1 Å². The lowest BCUT2D eigenvalue weighted by Crippen LogP contribution is -2.41. The molecule has 1 saturated heterocycles. The van der Waals surface area contributed by atoms with E-state index in [0.29, 0.717) is 12.0 Å². The van der Waals surface area contributed by atoms with E-state index in [2.05, 4.69) is 25.7 Å². The van der Waals surface area contributed by atoms with Crippen LogP contribution in [0.1, 0.15) is 52.9 Å². The van der Waals surface area contributed by atoms with E-state index in [-0.39, 0.29) is 0 Å². The molecule has 0 aromatic carbocycles. The van der Waals surface area contributed by atoms with Crippen molar-refractivity contribution in [3.05, 3.63) is 0 Å². The summed E-state index contributed by atoms with van der Waals surface area (Å²) >= 11 is 0. The van der Waals surface area contributed by atoms with Crippen LogP contribution in [0.25, 0.3) is 0 Å². The van der Waals surface area contributed by atoms with Crippen LogP contribution in [0.3, 0.4) is 0 Å². The lowest BCUT2D eigenvalue weighted by Gasteiger charge is -2.32. The fraction of sp³-hybridized carbons (Fsp3) is 1.00.